The minimum Gasteiger partial charge on any atom is -0.463 e. The van der Waals surface area contributed by atoms with Gasteiger partial charge in [0.15, 0.2) is 0 Å². The molecule has 1 fully saturated rings. The van der Waals surface area contributed by atoms with Crippen molar-refractivity contribution in [3.05, 3.63) is 64.7 Å². The van der Waals surface area contributed by atoms with Crippen molar-refractivity contribution in [3.63, 3.8) is 0 Å². The third kappa shape index (κ3) is 6.55. The van der Waals surface area contributed by atoms with Gasteiger partial charge in [-0.25, -0.2) is 0 Å². The number of aliphatic hydroxyl groups excluding tert-OH is 4. The molecule has 5 atom stereocenters. The van der Waals surface area contributed by atoms with E-state index in [2.05, 4.69) is 19.1 Å². The molecule has 1 saturated heterocycles. The van der Waals surface area contributed by atoms with Crippen LogP contribution in [-0.4, -0.2) is 63.7 Å². The lowest BCUT2D eigenvalue weighted by Crippen LogP contribution is -2.60. The number of aryl methyl sites for hydroxylation is 1. The predicted octanol–water partition coefficient (Wildman–Crippen LogP) is 1.86. The fourth-order valence-corrected chi connectivity index (χ4v) is 3.79. The molecule has 34 heavy (non-hydrogen) atoms. The number of hydrogen-bond donors (Lipinski definition) is 4. The average molecular weight is 475 g/mol. The molecule has 1 heterocycles. The van der Waals surface area contributed by atoms with Gasteiger partial charge in [0, 0.05) is 12.8 Å². The van der Waals surface area contributed by atoms with Gasteiger partial charge in [-0.15, -0.1) is 0 Å². The van der Waals surface area contributed by atoms with Gasteiger partial charge in [-0.05, 0) is 41.2 Å². The van der Waals surface area contributed by atoms with Crippen LogP contribution < -0.4 is 4.74 Å². The number of esters is 1. The molecule has 0 radical (unpaired) electrons. The molecule has 4 N–H and O–H groups in total. The highest BCUT2D eigenvalue weighted by atomic mass is 16.7. The van der Waals surface area contributed by atoms with Crippen molar-refractivity contribution in [2.45, 2.75) is 76.8 Å². The Labute approximate surface area is 199 Å². The van der Waals surface area contributed by atoms with Crippen molar-refractivity contribution >= 4 is 5.97 Å². The zero-order chi connectivity index (χ0) is 24.7. The molecule has 2 aromatic rings. The third-order valence-electron chi connectivity index (χ3n) is 5.91. The maximum absolute atomic E-state index is 11.7. The van der Waals surface area contributed by atoms with Gasteiger partial charge in [-0.3, -0.25) is 4.79 Å². The summed E-state index contributed by atoms with van der Waals surface area (Å²) in [5, 5.41) is 40.7. The number of ether oxygens (including phenoxy) is 3. The molecule has 3 rings (SSSR count). The van der Waals surface area contributed by atoms with Crippen molar-refractivity contribution in [2.24, 2.45) is 0 Å². The quantitative estimate of drug-likeness (QED) is 0.385. The third-order valence-corrected chi connectivity index (χ3v) is 5.91. The summed E-state index contributed by atoms with van der Waals surface area (Å²) in [4.78, 5) is 11.7. The molecule has 1 aliphatic rings. The Morgan fingerprint density at radius 2 is 1.62 bits per heavy atom. The molecule has 186 valence electrons. The Balaban J connectivity index is 1.78. The molecule has 0 amide bonds. The van der Waals surface area contributed by atoms with E-state index in [1.807, 2.05) is 25.1 Å². The Morgan fingerprint density at radius 1 is 0.941 bits per heavy atom. The molecular formula is C26H34O8. The van der Waals surface area contributed by atoms with E-state index in [1.165, 1.54) is 5.56 Å². The fraction of sp³-hybridized carbons (Fsp3) is 0.500. The highest BCUT2D eigenvalue weighted by molar-refractivity contribution is 5.69. The second-order valence-corrected chi connectivity index (χ2v) is 8.51. The first-order chi connectivity index (χ1) is 16.4. The van der Waals surface area contributed by atoms with Crippen LogP contribution in [-0.2, 0) is 33.7 Å². The maximum Gasteiger partial charge on any atom is 0.305 e. The minimum absolute atomic E-state index is 0.201. The van der Waals surface area contributed by atoms with E-state index in [9.17, 15) is 25.2 Å². The largest absolute Gasteiger partial charge is 0.463 e. The van der Waals surface area contributed by atoms with Crippen LogP contribution in [0.25, 0.3) is 0 Å². The zero-order valence-corrected chi connectivity index (χ0v) is 19.6. The smallest absolute Gasteiger partial charge is 0.305 e. The van der Waals surface area contributed by atoms with Crippen molar-refractivity contribution in [3.8, 4) is 5.75 Å². The standard InChI is InChI=1S/C26H34O8/c1-3-5-22(28)32-15-21-23(29)24(30)25(31)26(34-21)33-20-13-18(14-27)10-11-19(20)12-17-8-6-16(4-2)7-9-17/h6-11,13,21,23-27,29-31H,3-5,12,14-15H2,1-2H3/t21-,23-,24+,25-,26-/m1/s1. The summed E-state index contributed by atoms with van der Waals surface area (Å²) in [6, 6.07) is 13.5. The van der Waals surface area contributed by atoms with Crippen LogP contribution in [0.1, 0.15) is 48.9 Å². The number of rotatable bonds is 10. The van der Waals surface area contributed by atoms with E-state index in [4.69, 9.17) is 14.2 Å². The minimum atomic E-state index is -1.56. The van der Waals surface area contributed by atoms with Crippen molar-refractivity contribution in [1.29, 1.82) is 0 Å². The fourth-order valence-electron chi connectivity index (χ4n) is 3.79. The maximum atomic E-state index is 11.7. The molecule has 0 aliphatic carbocycles. The number of aliphatic hydroxyl groups is 4. The van der Waals surface area contributed by atoms with E-state index in [0.717, 1.165) is 17.5 Å². The van der Waals surface area contributed by atoms with Crippen LogP contribution in [0.4, 0.5) is 0 Å². The van der Waals surface area contributed by atoms with Gasteiger partial charge < -0.3 is 34.6 Å². The van der Waals surface area contributed by atoms with Crippen LogP contribution in [0.2, 0.25) is 0 Å². The Morgan fingerprint density at radius 3 is 2.26 bits per heavy atom. The monoisotopic (exact) mass is 474 g/mol. The second-order valence-electron chi connectivity index (χ2n) is 8.51. The highest BCUT2D eigenvalue weighted by Gasteiger charge is 2.45. The number of carbonyl (C=O) groups is 1. The first kappa shape index (κ1) is 26.1. The lowest BCUT2D eigenvalue weighted by atomic mass is 9.98. The summed E-state index contributed by atoms with van der Waals surface area (Å²) in [6.45, 7) is 3.45. The number of benzene rings is 2. The van der Waals surface area contributed by atoms with Gasteiger partial charge in [0.1, 0.15) is 36.8 Å². The van der Waals surface area contributed by atoms with Gasteiger partial charge >= 0.3 is 5.97 Å². The normalized spacial score (nSPS) is 24.6. The predicted molar refractivity (Wildman–Crippen MR) is 124 cm³/mol. The van der Waals surface area contributed by atoms with Crippen molar-refractivity contribution < 1.29 is 39.4 Å². The first-order valence-electron chi connectivity index (χ1n) is 11.7. The average Bonchev–Trinajstić information content (AvgIpc) is 2.85. The van der Waals surface area contributed by atoms with E-state index in [1.54, 1.807) is 12.1 Å². The summed E-state index contributed by atoms with van der Waals surface area (Å²) in [5.74, 6) is -0.0658. The molecule has 8 heteroatoms. The van der Waals surface area contributed by atoms with Crippen LogP contribution in [0.15, 0.2) is 42.5 Å². The SMILES string of the molecule is CCCC(=O)OC[C@H]1O[C@@H](Oc2cc(CO)ccc2Cc2ccc(CC)cc2)[C@H](O)[C@@H](O)[C@@H]1O. The molecule has 0 unspecified atom stereocenters. The van der Waals surface area contributed by atoms with Gasteiger partial charge in [0.25, 0.3) is 0 Å². The van der Waals surface area contributed by atoms with Gasteiger partial charge in [-0.2, -0.15) is 0 Å². The molecule has 8 nitrogen and oxygen atoms in total. The van der Waals surface area contributed by atoms with E-state index >= 15 is 0 Å². The van der Waals surface area contributed by atoms with Crippen LogP contribution in [0.3, 0.4) is 0 Å². The van der Waals surface area contributed by atoms with Crippen LogP contribution in [0.5, 0.6) is 5.75 Å². The van der Waals surface area contributed by atoms with Crippen LogP contribution in [0, 0.1) is 0 Å². The Kier molecular flexibility index (Phi) is 9.44. The Hall–Kier alpha value is -2.49. The highest BCUT2D eigenvalue weighted by Crippen LogP contribution is 2.29. The van der Waals surface area contributed by atoms with E-state index in [0.29, 0.717) is 24.2 Å². The summed E-state index contributed by atoms with van der Waals surface area (Å²) >= 11 is 0. The molecule has 1 aliphatic heterocycles. The van der Waals surface area contributed by atoms with E-state index < -0.39 is 36.7 Å². The lowest BCUT2D eigenvalue weighted by Gasteiger charge is -2.40. The molecule has 2 aromatic carbocycles. The Bertz CT molecular complexity index is 929. The summed E-state index contributed by atoms with van der Waals surface area (Å²) < 4.78 is 16.8. The number of carbonyl (C=O) groups excluding carboxylic acids is 1. The first-order valence-corrected chi connectivity index (χ1v) is 11.7. The topological polar surface area (TPSA) is 126 Å². The summed E-state index contributed by atoms with van der Waals surface area (Å²) in [7, 11) is 0. The van der Waals surface area contributed by atoms with Gasteiger partial charge in [0.05, 0.1) is 6.61 Å². The molecule has 0 aromatic heterocycles. The second kappa shape index (κ2) is 12.3. The lowest BCUT2D eigenvalue weighted by molar-refractivity contribution is -0.278. The summed E-state index contributed by atoms with van der Waals surface area (Å²) in [6.07, 6.45) is -4.61. The van der Waals surface area contributed by atoms with Gasteiger partial charge in [0.2, 0.25) is 6.29 Å². The number of hydrogen-bond acceptors (Lipinski definition) is 8. The molecule has 0 saturated carbocycles. The zero-order valence-electron chi connectivity index (χ0n) is 19.6. The van der Waals surface area contributed by atoms with Crippen molar-refractivity contribution in [1.82, 2.24) is 0 Å². The van der Waals surface area contributed by atoms with Gasteiger partial charge in [-0.1, -0.05) is 50.2 Å². The van der Waals surface area contributed by atoms with Crippen molar-refractivity contribution in [2.75, 3.05) is 6.61 Å². The molecule has 0 spiro atoms. The molecule has 0 bridgehead atoms. The molecular weight excluding hydrogens is 440 g/mol. The van der Waals surface area contributed by atoms with Crippen LogP contribution >= 0.6 is 0 Å². The van der Waals surface area contributed by atoms with E-state index in [-0.39, 0.29) is 19.6 Å². The summed E-state index contributed by atoms with van der Waals surface area (Å²) in [5.41, 5.74) is 3.69.